The lowest BCUT2D eigenvalue weighted by molar-refractivity contribution is -0.121. The highest BCUT2D eigenvalue weighted by molar-refractivity contribution is 7.22. The summed E-state index contributed by atoms with van der Waals surface area (Å²) in [6.45, 7) is 4.35. The van der Waals surface area contributed by atoms with Crippen LogP contribution in [0.3, 0.4) is 0 Å². The van der Waals surface area contributed by atoms with Gasteiger partial charge < -0.3 is 15.4 Å². The molecule has 2 N–H and O–H groups in total. The minimum atomic E-state index is 0. The molecule has 0 aliphatic carbocycles. The Kier molecular flexibility index (Phi) is 5.74. The van der Waals surface area contributed by atoms with E-state index in [1.807, 2.05) is 25.1 Å². The van der Waals surface area contributed by atoms with Gasteiger partial charge in [0.05, 0.1) is 16.8 Å². The summed E-state index contributed by atoms with van der Waals surface area (Å²) in [5.74, 6) is 0.494. The number of nitrogens with zero attached hydrogens (tertiary/aromatic N) is 1. The molecule has 1 aromatic heterocycles. The molecule has 1 amide bonds. The van der Waals surface area contributed by atoms with Crippen LogP contribution in [0.2, 0.25) is 0 Å². The molecular weight excluding hydrogens is 322 g/mol. The van der Waals surface area contributed by atoms with Crippen LogP contribution in [0.5, 0.6) is 0 Å². The molecule has 120 valence electrons. The number of methoxy groups -OCH3 is 1. The van der Waals surface area contributed by atoms with E-state index < -0.39 is 0 Å². The van der Waals surface area contributed by atoms with Gasteiger partial charge >= 0.3 is 0 Å². The van der Waals surface area contributed by atoms with Gasteiger partial charge in [-0.1, -0.05) is 30.4 Å². The number of carbonyl (C=O) groups is 1. The molecular formula is C15H20ClN3O2S. The molecule has 0 bridgehead atoms. The van der Waals surface area contributed by atoms with Crippen LogP contribution in [0.1, 0.15) is 12.5 Å². The van der Waals surface area contributed by atoms with Crippen molar-refractivity contribution in [2.24, 2.45) is 11.8 Å². The molecule has 1 saturated heterocycles. The molecule has 1 aliphatic heterocycles. The Labute approximate surface area is 139 Å². The van der Waals surface area contributed by atoms with Gasteiger partial charge in [0.1, 0.15) is 0 Å². The number of hydrogen-bond donors (Lipinski definition) is 2. The number of hydrogen-bond acceptors (Lipinski definition) is 5. The third-order valence-electron chi connectivity index (χ3n) is 3.97. The lowest BCUT2D eigenvalue weighted by Crippen LogP contribution is -2.48. The third kappa shape index (κ3) is 3.41. The number of ether oxygens (including phenoxy) is 1. The summed E-state index contributed by atoms with van der Waals surface area (Å²) in [7, 11) is 1.67. The highest BCUT2D eigenvalue weighted by Crippen LogP contribution is 2.29. The molecule has 1 aliphatic rings. The Morgan fingerprint density at radius 1 is 1.55 bits per heavy atom. The van der Waals surface area contributed by atoms with Gasteiger partial charge in [-0.3, -0.25) is 4.79 Å². The van der Waals surface area contributed by atoms with Crippen molar-refractivity contribution < 1.29 is 9.53 Å². The maximum absolute atomic E-state index is 12.2. The van der Waals surface area contributed by atoms with Gasteiger partial charge in [0.25, 0.3) is 0 Å². The van der Waals surface area contributed by atoms with Crippen LogP contribution >= 0.6 is 23.7 Å². The molecule has 0 spiro atoms. The zero-order valence-electron chi connectivity index (χ0n) is 12.6. The number of anilines is 1. The van der Waals surface area contributed by atoms with E-state index in [2.05, 4.69) is 15.6 Å². The van der Waals surface area contributed by atoms with E-state index in [-0.39, 0.29) is 24.2 Å². The van der Waals surface area contributed by atoms with Crippen molar-refractivity contribution in [3.63, 3.8) is 0 Å². The van der Waals surface area contributed by atoms with Crippen LogP contribution in [0, 0.1) is 11.8 Å². The number of thiazole rings is 1. The third-order valence-corrected chi connectivity index (χ3v) is 4.90. The minimum Gasteiger partial charge on any atom is -0.380 e. The fraction of sp³-hybridized carbons (Fsp3) is 0.467. The number of halogens is 1. The number of carbonyl (C=O) groups excluding carboxylic acids is 1. The van der Waals surface area contributed by atoms with Gasteiger partial charge in [0, 0.05) is 18.6 Å². The SMILES string of the molecule is COCc1cccc2sc(NC(=O)C(C)C3CNC3)nc12.Cl. The number of nitrogens with one attached hydrogen (secondary N) is 2. The second-order valence-corrected chi connectivity index (χ2v) is 6.44. The Morgan fingerprint density at radius 2 is 2.32 bits per heavy atom. The normalized spacial score (nSPS) is 15.9. The van der Waals surface area contributed by atoms with Gasteiger partial charge in [0.2, 0.25) is 5.91 Å². The molecule has 1 aromatic carbocycles. The van der Waals surface area contributed by atoms with Crippen LogP contribution in [0.4, 0.5) is 5.13 Å². The summed E-state index contributed by atoms with van der Waals surface area (Å²) in [5.41, 5.74) is 1.96. The topological polar surface area (TPSA) is 63.2 Å². The molecule has 1 fully saturated rings. The zero-order valence-corrected chi connectivity index (χ0v) is 14.2. The molecule has 1 atom stereocenters. The largest absolute Gasteiger partial charge is 0.380 e. The van der Waals surface area contributed by atoms with Gasteiger partial charge in [-0.05, 0) is 25.1 Å². The molecule has 2 heterocycles. The van der Waals surface area contributed by atoms with Crippen molar-refractivity contribution in [2.75, 3.05) is 25.5 Å². The molecule has 22 heavy (non-hydrogen) atoms. The molecule has 1 unspecified atom stereocenters. The van der Waals surface area contributed by atoms with Gasteiger partial charge in [-0.15, -0.1) is 12.4 Å². The summed E-state index contributed by atoms with van der Waals surface area (Å²) in [4.78, 5) is 16.8. The van der Waals surface area contributed by atoms with Crippen molar-refractivity contribution in [1.29, 1.82) is 0 Å². The van der Waals surface area contributed by atoms with Crippen molar-refractivity contribution >= 4 is 45.0 Å². The number of benzene rings is 1. The molecule has 2 aromatic rings. The fourth-order valence-electron chi connectivity index (χ4n) is 2.43. The average Bonchev–Trinajstić information content (AvgIpc) is 2.80. The van der Waals surface area contributed by atoms with E-state index in [4.69, 9.17) is 4.74 Å². The summed E-state index contributed by atoms with van der Waals surface area (Å²) in [6.07, 6.45) is 0. The lowest BCUT2D eigenvalue weighted by Gasteiger charge is -2.31. The minimum absolute atomic E-state index is 0. The predicted octanol–water partition coefficient (Wildman–Crippen LogP) is 2.66. The molecule has 5 nitrogen and oxygen atoms in total. The maximum atomic E-state index is 12.2. The monoisotopic (exact) mass is 341 g/mol. The van der Waals surface area contributed by atoms with Crippen LogP contribution in [0.25, 0.3) is 10.2 Å². The van der Waals surface area contributed by atoms with Crippen molar-refractivity contribution in [3.05, 3.63) is 23.8 Å². The quantitative estimate of drug-likeness (QED) is 0.877. The smallest absolute Gasteiger partial charge is 0.229 e. The molecule has 0 radical (unpaired) electrons. The lowest BCUT2D eigenvalue weighted by atomic mass is 9.88. The fourth-order valence-corrected chi connectivity index (χ4v) is 3.35. The number of fused-ring (bicyclic) bond motifs is 1. The van der Waals surface area contributed by atoms with E-state index in [1.165, 1.54) is 11.3 Å². The Hall–Kier alpha value is -1.21. The Balaban J connectivity index is 0.00000176. The standard InChI is InChI=1S/C15H19N3O2S.ClH/c1-9(11-6-16-7-11)14(19)18-15-17-13-10(8-20-2)4-3-5-12(13)21-15;/h3-5,9,11,16H,6-8H2,1-2H3,(H,17,18,19);1H. The van der Waals surface area contributed by atoms with Crippen LogP contribution in [0.15, 0.2) is 18.2 Å². The van der Waals surface area contributed by atoms with E-state index in [1.54, 1.807) is 7.11 Å². The second kappa shape index (κ2) is 7.37. The van der Waals surface area contributed by atoms with E-state index >= 15 is 0 Å². The van der Waals surface area contributed by atoms with Crippen molar-refractivity contribution in [1.82, 2.24) is 10.3 Å². The van der Waals surface area contributed by atoms with Gasteiger partial charge in [-0.2, -0.15) is 0 Å². The van der Waals surface area contributed by atoms with E-state index in [9.17, 15) is 4.79 Å². The van der Waals surface area contributed by atoms with E-state index in [0.717, 1.165) is 28.9 Å². The molecule has 0 saturated carbocycles. The van der Waals surface area contributed by atoms with E-state index in [0.29, 0.717) is 17.7 Å². The first kappa shape index (κ1) is 17.1. The summed E-state index contributed by atoms with van der Waals surface area (Å²) >= 11 is 1.51. The number of aromatic nitrogens is 1. The Morgan fingerprint density at radius 3 is 2.95 bits per heavy atom. The van der Waals surface area contributed by atoms with Crippen molar-refractivity contribution in [3.8, 4) is 0 Å². The summed E-state index contributed by atoms with van der Waals surface area (Å²) < 4.78 is 6.26. The first-order valence-corrected chi connectivity index (χ1v) is 7.89. The number of para-hydroxylation sites is 1. The Bertz CT molecular complexity index is 657. The first-order chi connectivity index (χ1) is 10.2. The summed E-state index contributed by atoms with van der Waals surface area (Å²) in [5, 5.41) is 6.81. The van der Waals surface area contributed by atoms with Crippen LogP contribution in [-0.4, -0.2) is 31.1 Å². The van der Waals surface area contributed by atoms with Gasteiger partial charge in [0.15, 0.2) is 5.13 Å². The number of rotatable bonds is 5. The highest BCUT2D eigenvalue weighted by Gasteiger charge is 2.29. The van der Waals surface area contributed by atoms with Crippen molar-refractivity contribution in [2.45, 2.75) is 13.5 Å². The predicted molar refractivity (Wildman–Crippen MR) is 91.7 cm³/mol. The number of amides is 1. The van der Waals surface area contributed by atoms with Gasteiger partial charge in [-0.25, -0.2) is 4.98 Å². The molecule has 3 rings (SSSR count). The maximum Gasteiger partial charge on any atom is 0.229 e. The zero-order chi connectivity index (χ0) is 14.8. The average molecular weight is 342 g/mol. The highest BCUT2D eigenvalue weighted by atomic mass is 35.5. The first-order valence-electron chi connectivity index (χ1n) is 7.08. The summed E-state index contributed by atoms with van der Waals surface area (Å²) in [6, 6.07) is 6.00. The van der Waals surface area contributed by atoms with Crippen LogP contribution < -0.4 is 10.6 Å². The second-order valence-electron chi connectivity index (χ2n) is 5.41. The molecule has 7 heteroatoms. The van der Waals surface area contributed by atoms with Crippen LogP contribution in [-0.2, 0) is 16.1 Å².